The Morgan fingerprint density at radius 3 is 2.26 bits per heavy atom. The molecule has 0 bridgehead atoms. The number of benzene rings is 2. The van der Waals surface area contributed by atoms with Crippen LogP contribution >= 0.6 is 11.8 Å². The van der Waals surface area contributed by atoms with Crippen molar-refractivity contribution in [2.75, 3.05) is 11.9 Å². The van der Waals surface area contributed by atoms with Crippen LogP contribution in [0.15, 0.2) is 64.4 Å². The van der Waals surface area contributed by atoms with Crippen LogP contribution in [0.25, 0.3) is 0 Å². The number of rotatable bonds is 6. The predicted molar refractivity (Wildman–Crippen MR) is 122 cm³/mol. The Morgan fingerprint density at radius 2 is 1.65 bits per heavy atom. The first-order chi connectivity index (χ1) is 14.9. The zero-order valence-electron chi connectivity index (χ0n) is 17.8. The number of amides is 3. The van der Waals surface area contributed by atoms with Gasteiger partial charge in [0.2, 0.25) is 17.7 Å². The van der Waals surface area contributed by atoms with E-state index in [-0.39, 0.29) is 42.5 Å². The van der Waals surface area contributed by atoms with Gasteiger partial charge in [-0.1, -0.05) is 41.6 Å². The summed E-state index contributed by atoms with van der Waals surface area (Å²) < 4.78 is 0. The lowest BCUT2D eigenvalue weighted by Gasteiger charge is -2.14. The number of carbonyl (C=O) groups is 3. The van der Waals surface area contributed by atoms with E-state index in [9.17, 15) is 14.4 Å². The molecule has 2 atom stereocenters. The molecule has 2 unspecified atom stereocenters. The van der Waals surface area contributed by atoms with E-state index in [0.717, 1.165) is 4.90 Å². The number of aryl methyl sites for hydroxylation is 2. The number of anilines is 1. The highest BCUT2D eigenvalue weighted by atomic mass is 32.2. The summed E-state index contributed by atoms with van der Waals surface area (Å²) in [6.07, 6.45) is 5.26. The van der Waals surface area contributed by atoms with Crippen molar-refractivity contribution in [2.45, 2.75) is 42.9 Å². The van der Waals surface area contributed by atoms with Gasteiger partial charge in [-0.05, 0) is 62.6 Å². The van der Waals surface area contributed by atoms with Gasteiger partial charge in [0.25, 0.3) is 0 Å². The third-order valence-corrected chi connectivity index (χ3v) is 7.04. The molecule has 2 aromatic rings. The number of hydrogen-bond donors (Lipinski definition) is 1. The first kappa shape index (κ1) is 21.4. The molecular weight excluding hydrogens is 408 g/mol. The van der Waals surface area contributed by atoms with Crippen LogP contribution in [-0.4, -0.2) is 29.2 Å². The van der Waals surface area contributed by atoms with Crippen molar-refractivity contribution in [3.63, 3.8) is 0 Å². The minimum absolute atomic E-state index is 0.101. The molecule has 0 spiro atoms. The average molecular weight is 435 g/mol. The van der Waals surface area contributed by atoms with E-state index in [1.165, 1.54) is 20.9 Å². The van der Waals surface area contributed by atoms with Crippen LogP contribution in [-0.2, 0) is 14.4 Å². The highest BCUT2D eigenvalue weighted by molar-refractivity contribution is 7.99. The Morgan fingerprint density at radius 1 is 1.00 bits per heavy atom. The van der Waals surface area contributed by atoms with Crippen molar-refractivity contribution in [1.29, 1.82) is 0 Å². The molecule has 1 saturated heterocycles. The zero-order valence-corrected chi connectivity index (χ0v) is 18.6. The molecule has 1 fully saturated rings. The first-order valence-electron chi connectivity index (χ1n) is 10.6. The fourth-order valence-electron chi connectivity index (χ4n) is 4.17. The van der Waals surface area contributed by atoms with E-state index < -0.39 is 0 Å². The molecular formula is C25H26N2O3S. The number of allylic oxidation sites excluding steroid dienone is 2. The molecule has 160 valence electrons. The van der Waals surface area contributed by atoms with Gasteiger partial charge in [-0.2, -0.15) is 0 Å². The van der Waals surface area contributed by atoms with Crippen LogP contribution in [0.5, 0.6) is 0 Å². The number of nitrogens with zero attached hydrogens (tertiary/aromatic N) is 1. The van der Waals surface area contributed by atoms with Gasteiger partial charge in [-0.3, -0.25) is 19.3 Å². The SMILES string of the molecule is Cc1ccc(Sc2ccc(NC(=O)CCN3C(=O)C4CC=CCC4C3=O)cc2)c(C)c1. The molecule has 4 rings (SSSR count). The maximum atomic E-state index is 12.5. The van der Waals surface area contributed by atoms with Crippen molar-refractivity contribution in [3.8, 4) is 0 Å². The molecule has 0 aromatic heterocycles. The van der Waals surface area contributed by atoms with Crippen molar-refractivity contribution in [2.24, 2.45) is 11.8 Å². The Hall–Kier alpha value is -2.86. The molecule has 0 saturated carbocycles. The molecule has 5 nitrogen and oxygen atoms in total. The molecule has 1 aliphatic carbocycles. The van der Waals surface area contributed by atoms with Crippen molar-refractivity contribution in [1.82, 2.24) is 4.90 Å². The van der Waals surface area contributed by atoms with E-state index in [4.69, 9.17) is 0 Å². The van der Waals surface area contributed by atoms with Gasteiger partial charge < -0.3 is 5.32 Å². The van der Waals surface area contributed by atoms with Crippen LogP contribution in [0.1, 0.15) is 30.4 Å². The summed E-state index contributed by atoms with van der Waals surface area (Å²) in [5.41, 5.74) is 3.18. The van der Waals surface area contributed by atoms with Gasteiger partial charge in [0.05, 0.1) is 11.8 Å². The molecule has 1 aliphatic heterocycles. The summed E-state index contributed by atoms with van der Waals surface area (Å²) in [7, 11) is 0. The molecule has 2 aliphatic rings. The first-order valence-corrected chi connectivity index (χ1v) is 11.4. The highest BCUT2D eigenvalue weighted by Crippen LogP contribution is 2.35. The van der Waals surface area contributed by atoms with Crippen LogP contribution in [0.3, 0.4) is 0 Å². The van der Waals surface area contributed by atoms with Crippen LogP contribution < -0.4 is 5.32 Å². The van der Waals surface area contributed by atoms with E-state index in [1.54, 1.807) is 11.8 Å². The normalized spacial score (nSPS) is 20.1. The third-order valence-electron chi connectivity index (χ3n) is 5.86. The number of likely N-dealkylation sites (tertiary alicyclic amines) is 1. The van der Waals surface area contributed by atoms with Gasteiger partial charge in [0.1, 0.15) is 0 Å². The number of nitrogens with one attached hydrogen (secondary N) is 1. The Balaban J connectivity index is 1.30. The quantitative estimate of drug-likeness (QED) is 0.527. The van der Waals surface area contributed by atoms with E-state index in [1.807, 2.05) is 36.4 Å². The average Bonchev–Trinajstić information content (AvgIpc) is 3.00. The van der Waals surface area contributed by atoms with E-state index in [2.05, 4.69) is 37.4 Å². The van der Waals surface area contributed by atoms with Gasteiger partial charge in [-0.15, -0.1) is 0 Å². The second-order valence-corrected chi connectivity index (χ2v) is 9.29. The number of hydrogen-bond acceptors (Lipinski definition) is 4. The number of fused-ring (bicyclic) bond motifs is 1. The second-order valence-electron chi connectivity index (χ2n) is 8.18. The molecule has 3 amide bonds. The largest absolute Gasteiger partial charge is 0.326 e. The Kier molecular flexibility index (Phi) is 6.28. The smallest absolute Gasteiger partial charge is 0.233 e. The maximum Gasteiger partial charge on any atom is 0.233 e. The lowest BCUT2D eigenvalue weighted by Crippen LogP contribution is -2.34. The van der Waals surface area contributed by atoms with E-state index in [0.29, 0.717) is 18.5 Å². The third kappa shape index (κ3) is 4.74. The highest BCUT2D eigenvalue weighted by Gasteiger charge is 2.46. The molecule has 31 heavy (non-hydrogen) atoms. The van der Waals surface area contributed by atoms with Crippen LogP contribution in [0.2, 0.25) is 0 Å². The predicted octanol–water partition coefficient (Wildman–Crippen LogP) is 4.73. The lowest BCUT2D eigenvalue weighted by atomic mass is 9.85. The van der Waals surface area contributed by atoms with Gasteiger partial charge in [0.15, 0.2) is 0 Å². The van der Waals surface area contributed by atoms with E-state index >= 15 is 0 Å². The molecule has 1 N–H and O–H groups in total. The van der Waals surface area contributed by atoms with Crippen LogP contribution in [0.4, 0.5) is 5.69 Å². The minimum Gasteiger partial charge on any atom is -0.326 e. The molecule has 6 heteroatoms. The van der Waals surface area contributed by atoms with Gasteiger partial charge in [-0.25, -0.2) is 0 Å². The summed E-state index contributed by atoms with van der Waals surface area (Å²) in [4.78, 5) is 40.9. The summed E-state index contributed by atoms with van der Waals surface area (Å²) in [5, 5.41) is 2.86. The number of carbonyl (C=O) groups excluding carboxylic acids is 3. The monoisotopic (exact) mass is 434 g/mol. The maximum absolute atomic E-state index is 12.5. The van der Waals surface area contributed by atoms with Crippen molar-refractivity contribution < 1.29 is 14.4 Å². The van der Waals surface area contributed by atoms with Crippen molar-refractivity contribution >= 4 is 35.2 Å². The topological polar surface area (TPSA) is 66.5 Å². The molecule has 2 aromatic carbocycles. The Labute approximate surface area is 186 Å². The fraction of sp³-hybridized carbons (Fsp3) is 0.320. The number of imide groups is 1. The second kappa shape index (κ2) is 9.10. The molecule has 1 heterocycles. The summed E-state index contributed by atoms with van der Waals surface area (Å²) in [5.74, 6) is -0.978. The lowest BCUT2D eigenvalue weighted by molar-refractivity contribution is -0.140. The summed E-state index contributed by atoms with van der Waals surface area (Å²) in [6, 6.07) is 14.1. The fourth-order valence-corrected chi connectivity index (χ4v) is 5.06. The minimum atomic E-state index is -0.247. The van der Waals surface area contributed by atoms with Crippen molar-refractivity contribution in [3.05, 3.63) is 65.7 Å². The van der Waals surface area contributed by atoms with Gasteiger partial charge in [0, 0.05) is 28.4 Å². The van der Waals surface area contributed by atoms with Crippen LogP contribution in [0, 0.1) is 25.7 Å². The Bertz CT molecular complexity index is 1020. The van der Waals surface area contributed by atoms with Gasteiger partial charge >= 0.3 is 0 Å². The standard InChI is InChI=1S/C25H26N2O3S/c1-16-7-12-22(17(2)15-16)31-19-10-8-18(9-11-19)26-23(28)13-14-27-24(29)20-5-3-4-6-21(20)25(27)30/h3-4,7-12,15,20-21H,5-6,13-14H2,1-2H3,(H,26,28). The molecule has 0 radical (unpaired) electrons. The summed E-state index contributed by atoms with van der Waals surface area (Å²) >= 11 is 1.69. The zero-order chi connectivity index (χ0) is 22.0. The summed E-state index contributed by atoms with van der Waals surface area (Å²) in [6.45, 7) is 4.32.